The number of carboxylic acids is 1. The Balaban J connectivity index is 2.31. The van der Waals surface area contributed by atoms with E-state index < -0.39 is 24.5 Å². The van der Waals surface area contributed by atoms with Gasteiger partial charge in [0.25, 0.3) is 0 Å². The lowest BCUT2D eigenvalue weighted by molar-refractivity contribution is -0.137. The van der Waals surface area contributed by atoms with Gasteiger partial charge in [0.15, 0.2) is 0 Å². The Morgan fingerprint density at radius 2 is 1.84 bits per heavy atom. The van der Waals surface area contributed by atoms with Crippen LogP contribution in [0.5, 0.6) is 0 Å². The zero-order valence-electron chi connectivity index (χ0n) is 10.6. The zero-order chi connectivity index (χ0) is 14.3. The van der Waals surface area contributed by atoms with Crippen LogP contribution in [-0.4, -0.2) is 65.3 Å². The molecule has 0 atom stereocenters. The molecule has 1 rings (SSSR count). The molecule has 108 valence electrons. The number of aliphatic hydroxyl groups is 1. The number of nitrogens with zero attached hydrogens (tertiary/aromatic N) is 1. The number of aliphatic carboxylic acids is 1. The van der Waals surface area contributed by atoms with Crippen LogP contribution in [0.3, 0.4) is 0 Å². The van der Waals surface area contributed by atoms with Crippen LogP contribution in [0, 0.1) is 0 Å². The molecule has 4 N–H and O–H groups in total. The van der Waals surface area contributed by atoms with E-state index in [-0.39, 0.29) is 25.7 Å². The largest absolute Gasteiger partial charge is 0.480 e. The first-order chi connectivity index (χ1) is 9.04. The Morgan fingerprint density at radius 1 is 1.16 bits per heavy atom. The molecule has 0 saturated heterocycles. The molecule has 0 bridgehead atoms. The van der Waals surface area contributed by atoms with E-state index in [1.807, 2.05) is 0 Å². The number of hydrogen-bond acceptors (Lipinski definition) is 4. The Labute approximate surface area is 110 Å². The van der Waals surface area contributed by atoms with E-state index in [1.165, 1.54) is 4.90 Å². The minimum Gasteiger partial charge on any atom is -0.480 e. The molecular weight excluding hydrogens is 254 g/mol. The predicted octanol–water partition coefficient (Wildman–Crippen LogP) is -1.26. The van der Waals surface area contributed by atoms with Gasteiger partial charge in [0, 0.05) is 12.6 Å². The van der Waals surface area contributed by atoms with Gasteiger partial charge >= 0.3 is 12.0 Å². The third kappa shape index (κ3) is 5.12. The maximum Gasteiger partial charge on any atom is 0.322 e. The summed E-state index contributed by atoms with van der Waals surface area (Å²) in [5, 5.41) is 21.8. The topological polar surface area (TPSA) is 119 Å². The monoisotopic (exact) mass is 273 g/mol. The third-order valence-corrected chi connectivity index (χ3v) is 2.95. The quantitative estimate of drug-likeness (QED) is 0.462. The van der Waals surface area contributed by atoms with Crippen LogP contribution < -0.4 is 10.6 Å². The number of carbonyl (C=O) groups excluding carboxylic acids is 2. The van der Waals surface area contributed by atoms with Crippen molar-refractivity contribution in [3.63, 3.8) is 0 Å². The van der Waals surface area contributed by atoms with Crippen molar-refractivity contribution in [3.8, 4) is 0 Å². The van der Waals surface area contributed by atoms with E-state index in [0.717, 1.165) is 19.3 Å². The summed E-state index contributed by atoms with van der Waals surface area (Å²) in [5.41, 5.74) is 0. The second-order valence-electron chi connectivity index (χ2n) is 4.33. The number of carboxylic acid groups (broad SMARTS) is 1. The molecular formula is C11H19N3O5. The van der Waals surface area contributed by atoms with Crippen LogP contribution in [0.4, 0.5) is 4.79 Å². The maximum atomic E-state index is 11.8. The molecule has 0 unspecified atom stereocenters. The normalized spacial score (nSPS) is 14.4. The molecule has 0 aliphatic heterocycles. The number of amides is 3. The van der Waals surface area contributed by atoms with Crippen molar-refractivity contribution in [3.05, 3.63) is 0 Å². The van der Waals surface area contributed by atoms with E-state index in [1.54, 1.807) is 0 Å². The lowest BCUT2D eigenvalue weighted by Gasteiger charge is -2.37. The van der Waals surface area contributed by atoms with Crippen LogP contribution >= 0.6 is 0 Å². The van der Waals surface area contributed by atoms with E-state index in [9.17, 15) is 14.4 Å². The fraction of sp³-hybridized carbons (Fsp3) is 0.727. The molecule has 0 aromatic rings. The molecule has 0 heterocycles. The number of urea groups is 1. The summed E-state index contributed by atoms with van der Waals surface area (Å²) in [7, 11) is 0. The first kappa shape index (κ1) is 15.2. The van der Waals surface area contributed by atoms with Gasteiger partial charge in [-0.05, 0) is 19.3 Å². The highest BCUT2D eigenvalue weighted by Gasteiger charge is 2.28. The molecule has 8 heteroatoms. The summed E-state index contributed by atoms with van der Waals surface area (Å²) in [6.45, 7) is -0.652. The van der Waals surface area contributed by atoms with Crippen LogP contribution in [0.1, 0.15) is 19.3 Å². The van der Waals surface area contributed by atoms with Gasteiger partial charge in [0.05, 0.1) is 13.2 Å². The molecule has 3 amide bonds. The molecule has 0 aromatic heterocycles. The predicted molar refractivity (Wildman–Crippen MR) is 65.5 cm³/mol. The molecule has 1 aliphatic rings. The standard InChI is InChI=1S/C11H19N3O5/c15-5-4-14(8-2-1-3-8)11(19)13-6-9(16)12-7-10(17)18/h8,15H,1-7H2,(H,12,16)(H,13,19)(H,17,18). The van der Waals surface area contributed by atoms with Gasteiger partial charge < -0.3 is 25.7 Å². The zero-order valence-corrected chi connectivity index (χ0v) is 10.6. The summed E-state index contributed by atoms with van der Waals surface area (Å²) in [6, 6.07) is -0.293. The van der Waals surface area contributed by atoms with Crippen LogP contribution in [-0.2, 0) is 9.59 Å². The van der Waals surface area contributed by atoms with Gasteiger partial charge in [-0.15, -0.1) is 0 Å². The van der Waals surface area contributed by atoms with Gasteiger partial charge in [-0.2, -0.15) is 0 Å². The Hall–Kier alpha value is -1.83. The van der Waals surface area contributed by atoms with Gasteiger partial charge in [-0.3, -0.25) is 9.59 Å². The van der Waals surface area contributed by atoms with Crippen molar-refractivity contribution >= 4 is 17.9 Å². The van der Waals surface area contributed by atoms with Crippen molar-refractivity contribution in [1.82, 2.24) is 15.5 Å². The summed E-state index contributed by atoms with van der Waals surface area (Å²) in [6.07, 6.45) is 2.86. The number of carbonyl (C=O) groups is 3. The van der Waals surface area contributed by atoms with E-state index in [0.29, 0.717) is 0 Å². The van der Waals surface area contributed by atoms with Crippen LogP contribution in [0.25, 0.3) is 0 Å². The van der Waals surface area contributed by atoms with Crippen LogP contribution in [0.15, 0.2) is 0 Å². The van der Waals surface area contributed by atoms with Gasteiger partial charge in [-0.25, -0.2) is 4.79 Å². The van der Waals surface area contributed by atoms with Crippen molar-refractivity contribution < 1.29 is 24.6 Å². The highest BCUT2D eigenvalue weighted by Crippen LogP contribution is 2.24. The van der Waals surface area contributed by atoms with E-state index in [4.69, 9.17) is 10.2 Å². The summed E-state index contributed by atoms with van der Waals surface area (Å²) in [5.74, 6) is -1.70. The lowest BCUT2D eigenvalue weighted by Crippen LogP contribution is -2.51. The molecule has 0 aromatic carbocycles. The van der Waals surface area contributed by atoms with Gasteiger partial charge in [-0.1, -0.05) is 0 Å². The molecule has 1 saturated carbocycles. The highest BCUT2D eigenvalue weighted by molar-refractivity contribution is 5.86. The molecule has 19 heavy (non-hydrogen) atoms. The summed E-state index contributed by atoms with van der Waals surface area (Å²) < 4.78 is 0. The highest BCUT2D eigenvalue weighted by atomic mass is 16.4. The molecule has 1 aliphatic carbocycles. The fourth-order valence-corrected chi connectivity index (χ4v) is 1.75. The minimum atomic E-state index is -1.14. The first-order valence-corrected chi connectivity index (χ1v) is 6.18. The minimum absolute atomic E-state index is 0.120. The summed E-state index contributed by atoms with van der Waals surface area (Å²) in [4.78, 5) is 34.8. The van der Waals surface area contributed by atoms with E-state index in [2.05, 4.69) is 10.6 Å². The number of aliphatic hydroxyl groups excluding tert-OH is 1. The molecule has 8 nitrogen and oxygen atoms in total. The number of hydrogen-bond donors (Lipinski definition) is 4. The van der Waals surface area contributed by atoms with Crippen molar-refractivity contribution in [2.75, 3.05) is 26.2 Å². The Bertz CT molecular complexity index is 343. The molecule has 0 radical (unpaired) electrons. The lowest BCUT2D eigenvalue weighted by atomic mass is 9.92. The second kappa shape index (κ2) is 7.57. The van der Waals surface area contributed by atoms with Crippen molar-refractivity contribution in [2.45, 2.75) is 25.3 Å². The van der Waals surface area contributed by atoms with Crippen LogP contribution in [0.2, 0.25) is 0 Å². The first-order valence-electron chi connectivity index (χ1n) is 6.18. The Kier molecular flexibility index (Phi) is 6.07. The number of rotatable bonds is 7. The average Bonchev–Trinajstić information content (AvgIpc) is 2.30. The fourth-order valence-electron chi connectivity index (χ4n) is 1.75. The Morgan fingerprint density at radius 3 is 2.32 bits per heavy atom. The molecule has 1 fully saturated rings. The second-order valence-corrected chi connectivity index (χ2v) is 4.33. The van der Waals surface area contributed by atoms with Crippen molar-refractivity contribution in [1.29, 1.82) is 0 Å². The van der Waals surface area contributed by atoms with Crippen molar-refractivity contribution in [2.24, 2.45) is 0 Å². The molecule has 0 spiro atoms. The van der Waals surface area contributed by atoms with Gasteiger partial charge in [0.1, 0.15) is 6.54 Å². The third-order valence-electron chi connectivity index (χ3n) is 2.95. The maximum absolute atomic E-state index is 11.8. The van der Waals surface area contributed by atoms with Gasteiger partial charge in [0.2, 0.25) is 5.91 Å². The smallest absolute Gasteiger partial charge is 0.322 e. The van der Waals surface area contributed by atoms with E-state index >= 15 is 0 Å². The SMILES string of the molecule is O=C(O)CNC(=O)CNC(=O)N(CCO)C1CCC1. The number of nitrogens with one attached hydrogen (secondary N) is 2. The summed E-state index contributed by atoms with van der Waals surface area (Å²) >= 11 is 0. The average molecular weight is 273 g/mol.